The van der Waals surface area contributed by atoms with E-state index in [4.69, 9.17) is 0 Å². The van der Waals surface area contributed by atoms with Gasteiger partial charge in [-0.2, -0.15) is 5.10 Å². The van der Waals surface area contributed by atoms with Crippen molar-refractivity contribution >= 4 is 10.0 Å². The van der Waals surface area contributed by atoms with Crippen LogP contribution < -0.4 is 4.72 Å². The lowest BCUT2D eigenvalue weighted by Crippen LogP contribution is -2.39. The summed E-state index contributed by atoms with van der Waals surface area (Å²) in [6.45, 7) is 3.32. The second-order valence-electron chi connectivity index (χ2n) is 5.68. The van der Waals surface area contributed by atoms with Crippen molar-refractivity contribution in [3.63, 3.8) is 0 Å². The predicted octanol–water partition coefficient (Wildman–Crippen LogP) is 1.06. The molecule has 0 fully saturated rings. The molecule has 1 atom stereocenters. The molecule has 0 spiro atoms. The van der Waals surface area contributed by atoms with E-state index >= 15 is 0 Å². The van der Waals surface area contributed by atoms with Gasteiger partial charge in [0.15, 0.2) is 0 Å². The summed E-state index contributed by atoms with van der Waals surface area (Å²) in [5.74, 6) is -0.108. The fraction of sp³-hybridized carbons (Fsp3) is 0.400. The minimum atomic E-state index is -3.53. The second-order valence-corrected chi connectivity index (χ2v) is 7.49. The Morgan fingerprint density at radius 1 is 1.36 bits per heavy atom. The van der Waals surface area contributed by atoms with Gasteiger partial charge in [0.2, 0.25) is 10.0 Å². The summed E-state index contributed by atoms with van der Waals surface area (Å²) in [5, 5.41) is 14.4. The topological polar surface area (TPSA) is 84.2 Å². The summed E-state index contributed by atoms with van der Waals surface area (Å²) in [7, 11) is -1.79. The highest BCUT2D eigenvalue weighted by Gasteiger charge is 2.27. The van der Waals surface area contributed by atoms with Crippen LogP contribution >= 0.6 is 0 Å². The quantitative estimate of drug-likeness (QED) is 0.832. The van der Waals surface area contributed by atoms with Gasteiger partial charge in [-0.05, 0) is 25.0 Å². The highest BCUT2D eigenvalue weighted by atomic mass is 32.2. The molecule has 1 aromatic heterocycles. The summed E-state index contributed by atoms with van der Waals surface area (Å²) in [5.41, 5.74) is 0.920. The number of aliphatic hydroxyl groups is 1. The molecule has 22 heavy (non-hydrogen) atoms. The summed E-state index contributed by atoms with van der Waals surface area (Å²) in [6.07, 6.45) is 3.19. The summed E-state index contributed by atoms with van der Waals surface area (Å²) >= 11 is 0. The van der Waals surface area contributed by atoms with Crippen molar-refractivity contribution in [2.24, 2.45) is 7.05 Å². The first-order valence-corrected chi connectivity index (χ1v) is 8.58. The van der Waals surface area contributed by atoms with Crippen LogP contribution in [0.1, 0.15) is 23.6 Å². The van der Waals surface area contributed by atoms with Crippen molar-refractivity contribution in [2.45, 2.75) is 25.2 Å². The van der Waals surface area contributed by atoms with Gasteiger partial charge in [0.05, 0.1) is 11.9 Å². The van der Waals surface area contributed by atoms with Gasteiger partial charge < -0.3 is 5.11 Å². The lowest BCUT2D eigenvalue weighted by Gasteiger charge is -2.22. The van der Waals surface area contributed by atoms with Crippen LogP contribution in [0.15, 0.2) is 36.7 Å². The molecule has 2 N–H and O–H groups in total. The van der Waals surface area contributed by atoms with Crippen LogP contribution in [0.25, 0.3) is 0 Å². The lowest BCUT2D eigenvalue weighted by molar-refractivity contribution is 0.0626. The number of aryl methyl sites for hydroxylation is 2. The maximum atomic E-state index is 12.2. The summed E-state index contributed by atoms with van der Waals surface area (Å²) in [4.78, 5) is 0. The van der Waals surface area contributed by atoms with Crippen LogP contribution in [0, 0.1) is 6.92 Å². The van der Waals surface area contributed by atoms with Gasteiger partial charge >= 0.3 is 0 Å². The predicted molar refractivity (Wildman–Crippen MR) is 84.6 cm³/mol. The molecule has 0 unspecified atom stereocenters. The zero-order chi connectivity index (χ0) is 16.4. The Morgan fingerprint density at radius 3 is 2.64 bits per heavy atom. The van der Waals surface area contributed by atoms with E-state index in [-0.39, 0.29) is 12.3 Å². The molecule has 0 bridgehead atoms. The molecule has 1 heterocycles. The Hall–Kier alpha value is -1.70. The first-order valence-electron chi connectivity index (χ1n) is 6.93. The highest BCUT2D eigenvalue weighted by molar-refractivity contribution is 7.88. The van der Waals surface area contributed by atoms with Gasteiger partial charge in [0.1, 0.15) is 5.60 Å². The number of sulfonamides is 1. The first-order chi connectivity index (χ1) is 10.2. The molecule has 6 nitrogen and oxygen atoms in total. The molecule has 0 aliphatic heterocycles. The number of rotatable bonds is 6. The minimum absolute atomic E-state index is 0.104. The largest absolute Gasteiger partial charge is 0.384 e. The SMILES string of the molecule is Cc1ccccc1CS(=O)(=O)NC[C@@](C)(O)c1cnn(C)c1. The summed E-state index contributed by atoms with van der Waals surface area (Å²) < 4.78 is 28.4. The van der Waals surface area contributed by atoms with Crippen LogP contribution in [0.2, 0.25) is 0 Å². The fourth-order valence-corrected chi connectivity index (χ4v) is 3.42. The molecule has 2 aromatic rings. The molecule has 0 aliphatic carbocycles. The van der Waals surface area contributed by atoms with E-state index in [1.807, 2.05) is 25.1 Å². The Balaban J connectivity index is 2.05. The normalized spacial score (nSPS) is 14.7. The Labute approximate surface area is 130 Å². The lowest BCUT2D eigenvalue weighted by atomic mass is 10.0. The third kappa shape index (κ3) is 4.16. The van der Waals surface area contributed by atoms with Crippen LogP contribution in [0.5, 0.6) is 0 Å². The maximum Gasteiger partial charge on any atom is 0.215 e. The summed E-state index contributed by atoms with van der Waals surface area (Å²) in [6, 6.07) is 7.33. The smallest absolute Gasteiger partial charge is 0.215 e. The molecule has 2 rings (SSSR count). The molecule has 7 heteroatoms. The van der Waals surface area contributed by atoms with Crippen LogP contribution in [-0.4, -0.2) is 29.8 Å². The van der Waals surface area contributed by atoms with Gasteiger partial charge in [-0.1, -0.05) is 24.3 Å². The van der Waals surface area contributed by atoms with Gasteiger partial charge in [-0.25, -0.2) is 13.1 Å². The van der Waals surface area contributed by atoms with E-state index in [1.54, 1.807) is 30.9 Å². The number of hydrogen-bond acceptors (Lipinski definition) is 4. The van der Waals surface area contributed by atoms with Crippen molar-refractivity contribution in [1.82, 2.24) is 14.5 Å². The van der Waals surface area contributed by atoms with Crippen molar-refractivity contribution in [1.29, 1.82) is 0 Å². The molecule has 0 saturated heterocycles. The van der Waals surface area contributed by atoms with Gasteiger partial charge in [0, 0.05) is 25.4 Å². The monoisotopic (exact) mass is 323 g/mol. The van der Waals surface area contributed by atoms with Gasteiger partial charge in [-0.15, -0.1) is 0 Å². The molecule has 0 radical (unpaired) electrons. The molecule has 0 saturated carbocycles. The minimum Gasteiger partial charge on any atom is -0.384 e. The van der Waals surface area contributed by atoms with Crippen molar-refractivity contribution in [3.8, 4) is 0 Å². The van der Waals surface area contributed by atoms with Crippen LogP contribution in [0.3, 0.4) is 0 Å². The fourth-order valence-electron chi connectivity index (χ4n) is 2.08. The van der Waals surface area contributed by atoms with Crippen molar-refractivity contribution in [3.05, 3.63) is 53.3 Å². The number of nitrogens with zero attached hydrogens (tertiary/aromatic N) is 2. The second kappa shape index (κ2) is 6.20. The molecular weight excluding hydrogens is 302 g/mol. The van der Waals surface area contributed by atoms with Crippen LogP contribution in [0.4, 0.5) is 0 Å². The average Bonchev–Trinajstić information content (AvgIpc) is 2.87. The number of nitrogens with one attached hydrogen (secondary N) is 1. The van der Waals surface area contributed by atoms with Gasteiger partial charge in [0.25, 0.3) is 0 Å². The zero-order valence-electron chi connectivity index (χ0n) is 12.9. The third-order valence-corrected chi connectivity index (χ3v) is 4.85. The van der Waals surface area contributed by atoms with E-state index in [2.05, 4.69) is 9.82 Å². The van der Waals surface area contributed by atoms with E-state index in [1.165, 1.54) is 6.20 Å². The van der Waals surface area contributed by atoms with Crippen molar-refractivity contribution in [2.75, 3.05) is 6.54 Å². The number of aromatic nitrogens is 2. The van der Waals surface area contributed by atoms with Gasteiger partial charge in [-0.3, -0.25) is 4.68 Å². The standard InChI is InChI=1S/C15H21N3O3S/c1-12-6-4-5-7-13(12)10-22(20,21)17-11-15(2,19)14-8-16-18(3)9-14/h4-9,17,19H,10-11H2,1-3H3/t15-/m1/s1. The Morgan fingerprint density at radius 2 is 2.05 bits per heavy atom. The van der Waals surface area contributed by atoms with Crippen molar-refractivity contribution < 1.29 is 13.5 Å². The average molecular weight is 323 g/mol. The third-order valence-electron chi connectivity index (χ3n) is 3.57. The van der Waals surface area contributed by atoms with E-state index in [0.717, 1.165) is 11.1 Å². The molecule has 0 amide bonds. The molecule has 120 valence electrons. The number of hydrogen-bond donors (Lipinski definition) is 2. The zero-order valence-corrected chi connectivity index (χ0v) is 13.8. The van der Waals surface area contributed by atoms with E-state index in [0.29, 0.717) is 5.56 Å². The first kappa shape index (κ1) is 16.7. The Bertz CT molecular complexity index is 751. The molecule has 0 aliphatic rings. The van der Waals surface area contributed by atoms with E-state index in [9.17, 15) is 13.5 Å². The van der Waals surface area contributed by atoms with E-state index < -0.39 is 15.6 Å². The Kier molecular flexibility index (Phi) is 4.69. The number of benzene rings is 1. The molecular formula is C15H21N3O3S. The van der Waals surface area contributed by atoms with Crippen LogP contribution in [-0.2, 0) is 28.4 Å². The highest BCUT2D eigenvalue weighted by Crippen LogP contribution is 2.19. The molecule has 1 aromatic carbocycles. The maximum absolute atomic E-state index is 12.2.